The predicted octanol–water partition coefficient (Wildman–Crippen LogP) is 5.08. The summed E-state index contributed by atoms with van der Waals surface area (Å²) >= 11 is 0. The van der Waals surface area contributed by atoms with E-state index in [2.05, 4.69) is 10.2 Å². The van der Waals surface area contributed by atoms with Crippen molar-refractivity contribution in [3.8, 4) is 5.75 Å². The average molecular weight is 526 g/mol. The smallest absolute Gasteiger partial charge is 0.269 e. The second kappa shape index (κ2) is 9.79. The van der Waals surface area contributed by atoms with Gasteiger partial charge in [0.05, 0.1) is 28.1 Å². The molecule has 5 rings (SSSR count). The highest BCUT2D eigenvalue weighted by Crippen LogP contribution is 2.46. The zero-order valence-corrected chi connectivity index (χ0v) is 21.9. The van der Waals surface area contributed by atoms with Crippen LogP contribution in [-0.4, -0.2) is 33.3 Å². The van der Waals surface area contributed by atoms with Gasteiger partial charge in [-0.05, 0) is 58.0 Å². The normalized spacial score (nSPS) is 19.8. The molecule has 0 saturated heterocycles. The molecule has 0 spiro atoms. The summed E-state index contributed by atoms with van der Waals surface area (Å²) in [4.78, 5) is 38.9. The number of phenols is 1. The Morgan fingerprint density at radius 1 is 0.769 bits per heavy atom. The largest absolute Gasteiger partial charge is 0.508 e. The SMILES string of the molecule is CC1=NN(c2ccc(C)cc2)C(=O)[C@H]1C(c1cc([N+](=O)[O-])ccc1O)[C@H]1C(=O)N(c2ccc(C)cc2)N=C1C. The molecule has 2 aliphatic heterocycles. The van der Waals surface area contributed by atoms with Crippen LogP contribution in [0.3, 0.4) is 0 Å². The molecule has 10 heteroatoms. The molecule has 0 radical (unpaired) electrons. The third kappa shape index (κ3) is 4.54. The van der Waals surface area contributed by atoms with Crippen molar-refractivity contribution >= 4 is 40.3 Å². The number of benzene rings is 3. The molecule has 0 aromatic heterocycles. The summed E-state index contributed by atoms with van der Waals surface area (Å²) in [6.45, 7) is 7.23. The summed E-state index contributed by atoms with van der Waals surface area (Å²) in [6.07, 6.45) is 0. The molecule has 1 N–H and O–H groups in total. The monoisotopic (exact) mass is 525 g/mol. The molecular formula is C29H27N5O5. The number of hydrogen-bond donors (Lipinski definition) is 1. The standard InChI is InChI=1S/C29H27N5O5/c1-16-5-9-20(10-6-16)32-28(36)25(18(3)30-32)27(23-15-22(34(38)39)13-14-24(23)35)26-19(4)31-33(29(26)37)21-11-7-17(2)8-12-21/h5-15,25-27,35H,1-4H3/t25-,26+,27?. The number of hydrazone groups is 2. The first-order valence-electron chi connectivity index (χ1n) is 12.5. The molecule has 3 aromatic carbocycles. The van der Waals surface area contributed by atoms with Crippen LogP contribution in [0.25, 0.3) is 0 Å². The Morgan fingerprint density at radius 2 is 1.21 bits per heavy atom. The van der Waals surface area contributed by atoms with Gasteiger partial charge >= 0.3 is 0 Å². The summed E-state index contributed by atoms with van der Waals surface area (Å²) in [7, 11) is 0. The van der Waals surface area contributed by atoms with Gasteiger partial charge in [0.2, 0.25) is 0 Å². The third-order valence-corrected chi connectivity index (χ3v) is 7.22. The average Bonchev–Trinajstić information content (AvgIpc) is 3.36. The van der Waals surface area contributed by atoms with Gasteiger partial charge in [0.15, 0.2) is 0 Å². The van der Waals surface area contributed by atoms with Crippen molar-refractivity contribution in [1.82, 2.24) is 0 Å². The van der Waals surface area contributed by atoms with E-state index in [1.807, 2.05) is 38.1 Å². The lowest BCUT2D eigenvalue weighted by Crippen LogP contribution is -2.40. The molecule has 1 unspecified atom stereocenters. The molecule has 39 heavy (non-hydrogen) atoms. The Bertz CT molecular complexity index is 1460. The van der Waals surface area contributed by atoms with Crippen molar-refractivity contribution in [1.29, 1.82) is 0 Å². The van der Waals surface area contributed by atoms with Gasteiger partial charge in [-0.15, -0.1) is 0 Å². The molecule has 3 aromatic rings. The molecule has 0 bridgehead atoms. The predicted molar refractivity (Wildman–Crippen MR) is 148 cm³/mol. The van der Waals surface area contributed by atoms with Crippen molar-refractivity contribution in [2.75, 3.05) is 10.0 Å². The number of nitro groups is 1. The second-order valence-corrected chi connectivity index (χ2v) is 9.94. The van der Waals surface area contributed by atoms with E-state index in [4.69, 9.17) is 0 Å². The molecular weight excluding hydrogens is 498 g/mol. The van der Waals surface area contributed by atoms with Gasteiger partial charge in [-0.2, -0.15) is 10.2 Å². The van der Waals surface area contributed by atoms with Crippen LogP contribution in [-0.2, 0) is 9.59 Å². The Hall–Kier alpha value is -4.86. The second-order valence-electron chi connectivity index (χ2n) is 9.94. The van der Waals surface area contributed by atoms with Crippen molar-refractivity contribution in [2.45, 2.75) is 33.6 Å². The lowest BCUT2D eigenvalue weighted by molar-refractivity contribution is -0.385. The number of phenolic OH excluding ortho intramolecular Hbond substituents is 1. The molecule has 0 saturated carbocycles. The number of aryl methyl sites for hydroxylation is 2. The molecule has 3 atom stereocenters. The van der Waals surface area contributed by atoms with Gasteiger partial charge in [-0.1, -0.05) is 35.4 Å². The number of aromatic hydroxyl groups is 1. The summed E-state index contributed by atoms with van der Waals surface area (Å²) in [5, 5.41) is 34.2. The fourth-order valence-electron chi connectivity index (χ4n) is 5.20. The van der Waals surface area contributed by atoms with Crippen molar-refractivity contribution < 1.29 is 19.6 Å². The lowest BCUT2D eigenvalue weighted by Gasteiger charge is -2.29. The first-order valence-corrected chi connectivity index (χ1v) is 12.5. The highest BCUT2D eigenvalue weighted by atomic mass is 16.6. The number of rotatable bonds is 6. The molecule has 2 amide bonds. The van der Waals surface area contributed by atoms with Crippen LogP contribution in [0.15, 0.2) is 76.9 Å². The van der Waals surface area contributed by atoms with E-state index >= 15 is 0 Å². The van der Waals surface area contributed by atoms with E-state index in [1.54, 1.807) is 38.1 Å². The van der Waals surface area contributed by atoms with E-state index in [0.717, 1.165) is 11.1 Å². The van der Waals surface area contributed by atoms with E-state index in [9.17, 15) is 24.8 Å². The number of carbonyl (C=O) groups excluding carboxylic acids is 2. The molecule has 2 heterocycles. The number of amides is 2. The Kier molecular flexibility index (Phi) is 6.47. The number of nitro benzene ring substituents is 1. The number of hydrogen-bond acceptors (Lipinski definition) is 7. The van der Waals surface area contributed by atoms with Gasteiger partial charge in [0, 0.05) is 35.0 Å². The van der Waals surface area contributed by atoms with E-state index < -0.39 is 34.5 Å². The third-order valence-electron chi connectivity index (χ3n) is 7.22. The van der Waals surface area contributed by atoms with Gasteiger partial charge in [0.25, 0.3) is 17.5 Å². The highest BCUT2D eigenvalue weighted by molar-refractivity contribution is 6.19. The molecule has 2 aliphatic rings. The maximum absolute atomic E-state index is 13.9. The zero-order chi connectivity index (χ0) is 28.0. The van der Waals surface area contributed by atoms with Gasteiger partial charge in [0.1, 0.15) is 5.75 Å². The minimum Gasteiger partial charge on any atom is -0.508 e. The topological polar surface area (TPSA) is 129 Å². The lowest BCUT2D eigenvalue weighted by atomic mass is 9.72. The van der Waals surface area contributed by atoms with Crippen LogP contribution < -0.4 is 10.0 Å². The first-order chi connectivity index (χ1) is 18.6. The quantitative estimate of drug-likeness (QED) is 0.355. The van der Waals surface area contributed by atoms with Crippen molar-refractivity contribution in [2.24, 2.45) is 22.0 Å². The summed E-state index contributed by atoms with van der Waals surface area (Å²) in [5.74, 6) is -4.01. The van der Waals surface area contributed by atoms with Crippen LogP contribution in [0.1, 0.15) is 36.5 Å². The van der Waals surface area contributed by atoms with Crippen molar-refractivity contribution in [3.63, 3.8) is 0 Å². The van der Waals surface area contributed by atoms with Crippen LogP contribution in [0, 0.1) is 35.8 Å². The summed E-state index contributed by atoms with van der Waals surface area (Å²) in [5.41, 5.74) is 3.83. The number of anilines is 2. The van der Waals surface area contributed by atoms with Gasteiger partial charge < -0.3 is 5.11 Å². The van der Waals surface area contributed by atoms with Crippen LogP contribution in [0.5, 0.6) is 5.75 Å². The van der Waals surface area contributed by atoms with Crippen LogP contribution >= 0.6 is 0 Å². The van der Waals surface area contributed by atoms with Crippen molar-refractivity contribution in [3.05, 3.63) is 93.5 Å². The molecule has 198 valence electrons. The molecule has 0 fully saturated rings. The molecule has 0 aliphatic carbocycles. The Labute approximate surface area is 225 Å². The number of nitrogens with zero attached hydrogens (tertiary/aromatic N) is 5. The van der Waals surface area contributed by atoms with Gasteiger partial charge in [-0.25, -0.2) is 10.0 Å². The van der Waals surface area contributed by atoms with E-state index in [1.165, 1.54) is 28.2 Å². The number of carbonyl (C=O) groups is 2. The Morgan fingerprint density at radius 3 is 1.62 bits per heavy atom. The Balaban J connectivity index is 1.62. The summed E-state index contributed by atoms with van der Waals surface area (Å²) in [6, 6.07) is 18.2. The van der Waals surface area contributed by atoms with Crippen LogP contribution in [0.2, 0.25) is 0 Å². The maximum Gasteiger partial charge on any atom is 0.269 e. The summed E-state index contributed by atoms with van der Waals surface area (Å²) < 4.78 is 0. The molecule has 10 nitrogen and oxygen atoms in total. The van der Waals surface area contributed by atoms with E-state index in [0.29, 0.717) is 22.8 Å². The maximum atomic E-state index is 13.9. The fraction of sp³-hybridized carbons (Fsp3) is 0.241. The zero-order valence-electron chi connectivity index (χ0n) is 21.9. The fourth-order valence-corrected chi connectivity index (χ4v) is 5.20. The van der Waals surface area contributed by atoms with Crippen LogP contribution in [0.4, 0.5) is 17.1 Å². The highest BCUT2D eigenvalue weighted by Gasteiger charge is 2.51. The minimum atomic E-state index is -0.997. The first kappa shape index (κ1) is 25.8. The van der Waals surface area contributed by atoms with Gasteiger partial charge in [-0.3, -0.25) is 19.7 Å². The number of non-ortho nitro benzene ring substituents is 1. The van der Waals surface area contributed by atoms with E-state index in [-0.39, 0.29) is 17.0 Å². The minimum absolute atomic E-state index is 0.113.